The lowest BCUT2D eigenvalue weighted by molar-refractivity contribution is -0.136. The zero-order valence-corrected chi connectivity index (χ0v) is 15.7. The standard InChI is InChI=1S/C18H22N2O5S/c1-20(13-24-2)18(21)17(14-9-11-15(25-3)12-10-14)19-26(22,23)16-7-5-4-6-8-16/h4-12,17,19H,13H2,1-3H3. The van der Waals surface area contributed by atoms with Crippen molar-refractivity contribution in [2.75, 3.05) is 28.0 Å². The van der Waals surface area contributed by atoms with Crippen LogP contribution in [0.2, 0.25) is 0 Å². The monoisotopic (exact) mass is 378 g/mol. The average molecular weight is 378 g/mol. The minimum atomic E-state index is -3.89. The predicted octanol–water partition coefficient (Wildman–Crippen LogP) is 1.78. The van der Waals surface area contributed by atoms with Crippen molar-refractivity contribution in [2.24, 2.45) is 0 Å². The van der Waals surface area contributed by atoms with Gasteiger partial charge < -0.3 is 14.4 Å². The molecule has 0 aliphatic carbocycles. The Morgan fingerprint density at radius 2 is 1.69 bits per heavy atom. The maximum atomic E-state index is 12.8. The molecule has 0 heterocycles. The number of hydrogen-bond acceptors (Lipinski definition) is 5. The number of carbonyl (C=O) groups excluding carboxylic acids is 1. The number of benzene rings is 2. The molecule has 1 atom stereocenters. The number of sulfonamides is 1. The van der Waals surface area contributed by atoms with E-state index < -0.39 is 22.0 Å². The van der Waals surface area contributed by atoms with Gasteiger partial charge in [0.05, 0.1) is 12.0 Å². The molecule has 1 unspecified atom stereocenters. The lowest BCUT2D eigenvalue weighted by atomic mass is 10.1. The molecule has 0 saturated heterocycles. The molecule has 0 spiro atoms. The second-order valence-electron chi connectivity index (χ2n) is 5.59. The predicted molar refractivity (Wildman–Crippen MR) is 97.1 cm³/mol. The highest BCUT2D eigenvalue weighted by Crippen LogP contribution is 2.22. The van der Waals surface area contributed by atoms with E-state index in [4.69, 9.17) is 9.47 Å². The maximum Gasteiger partial charge on any atom is 0.246 e. The molecule has 0 aromatic heterocycles. The minimum absolute atomic E-state index is 0.0402. The number of carbonyl (C=O) groups is 1. The van der Waals surface area contributed by atoms with Crippen LogP contribution in [0.3, 0.4) is 0 Å². The molecule has 0 aliphatic rings. The Hall–Kier alpha value is -2.42. The Morgan fingerprint density at radius 1 is 1.08 bits per heavy atom. The van der Waals surface area contributed by atoms with E-state index in [1.165, 1.54) is 31.3 Å². The van der Waals surface area contributed by atoms with E-state index in [-0.39, 0.29) is 11.6 Å². The Kier molecular flexibility index (Phi) is 6.73. The van der Waals surface area contributed by atoms with Crippen LogP contribution in [0.25, 0.3) is 0 Å². The molecule has 26 heavy (non-hydrogen) atoms. The Bertz CT molecular complexity index is 822. The highest BCUT2D eigenvalue weighted by Gasteiger charge is 2.29. The molecular weight excluding hydrogens is 356 g/mol. The molecule has 0 fully saturated rings. The fraction of sp³-hybridized carbons (Fsp3) is 0.278. The normalized spacial score (nSPS) is 12.4. The van der Waals surface area contributed by atoms with Crippen LogP contribution < -0.4 is 9.46 Å². The molecule has 2 rings (SSSR count). The van der Waals surface area contributed by atoms with E-state index in [2.05, 4.69) is 4.72 Å². The van der Waals surface area contributed by atoms with Crippen LogP contribution in [0.5, 0.6) is 5.75 Å². The molecule has 2 aromatic carbocycles. The third kappa shape index (κ3) is 4.81. The molecule has 0 bridgehead atoms. The summed E-state index contributed by atoms with van der Waals surface area (Å²) in [5, 5.41) is 0. The smallest absolute Gasteiger partial charge is 0.246 e. The third-order valence-corrected chi connectivity index (χ3v) is 5.16. The molecule has 8 heteroatoms. The number of amides is 1. The first-order valence-electron chi connectivity index (χ1n) is 7.84. The molecule has 1 N–H and O–H groups in total. The molecule has 140 valence electrons. The summed E-state index contributed by atoms with van der Waals surface area (Å²) >= 11 is 0. The second-order valence-corrected chi connectivity index (χ2v) is 7.31. The van der Waals surface area contributed by atoms with Crippen molar-refractivity contribution in [3.05, 3.63) is 60.2 Å². The highest BCUT2D eigenvalue weighted by molar-refractivity contribution is 7.89. The number of hydrogen-bond donors (Lipinski definition) is 1. The van der Waals surface area contributed by atoms with Crippen LogP contribution in [0.4, 0.5) is 0 Å². The Balaban J connectivity index is 2.38. The van der Waals surface area contributed by atoms with Gasteiger partial charge in [-0.3, -0.25) is 4.79 Å². The van der Waals surface area contributed by atoms with Gasteiger partial charge in [-0.15, -0.1) is 0 Å². The molecule has 7 nitrogen and oxygen atoms in total. The largest absolute Gasteiger partial charge is 0.497 e. The van der Waals surface area contributed by atoms with E-state index >= 15 is 0 Å². The number of rotatable bonds is 8. The van der Waals surface area contributed by atoms with Crippen molar-refractivity contribution in [1.29, 1.82) is 0 Å². The second kappa shape index (κ2) is 8.79. The number of nitrogens with one attached hydrogen (secondary N) is 1. The Morgan fingerprint density at radius 3 is 2.23 bits per heavy atom. The van der Waals surface area contributed by atoms with Gasteiger partial charge in [-0.05, 0) is 29.8 Å². The van der Waals surface area contributed by atoms with Crippen LogP contribution in [0.1, 0.15) is 11.6 Å². The van der Waals surface area contributed by atoms with Gasteiger partial charge in [0.2, 0.25) is 15.9 Å². The SMILES string of the molecule is COCN(C)C(=O)C(NS(=O)(=O)c1ccccc1)c1ccc(OC)cc1. The topological polar surface area (TPSA) is 84.9 Å². The van der Waals surface area contributed by atoms with Gasteiger partial charge in [-0.25, -0.2) is 8.42 Å². The summed E-state index contributed by atoms with van der Waals surface area (Å²) < 4.78 is 37.9. The zero-order chi connectivity index (χ0) is 19.2. The van der Waals surface area contributed by atoms with Crippen molar-refractivity contribution in [3.8, 4) is 5.75 Å². The van der Waals surface area contributed by atoms with Gasteiger partial charge in [-0.2, -0.15) is 4.72 Å². The summed E-state index contributed by atoms with van der Waals surface area (Å²) in [6.07, 6.45) is 0. The summed E-state index contributed by atoms with van der Waals surface area (Å²) in [6.45, 7) is 0.0402. The number of ether oxygens (including phenoxy) is 2. The lowest BCUT2D eigenvalue weighted by Gasteiger charge is -2.24. The van der Waals surface area contributed by atoms with E-state index in [0.29, 0.717) is 11.3 Å². The van der Waals surface area contributed by atoms with Crippen LogP contribution in [-0.2, 0) is 19.6 Å². The van der Waals surface area contributed by atoms with Gasteiger partial charge in [0.1, 0.15) is 18.5 Å². The zero-order valence-electron chi connectivity index (χ0n) is 14.9. The van der Waals surface area contributed by atoms with Crippen molar-refractivity contribution < 1.29 is 22.7 Å². The van der Waals surface area contributed by atoms with Gasteiger partial charge in [0.15, 0.2) is 0 Å². The molecule has 0 radical (unpaired) electrons. The molecule has 0 aliphatic heterocycles. The van der Waals surface area contributed by atoms with Gasteiger partial charge in [0.25, 0.3) is 0 Å². The molecular formula is C18H22N2O5S. The number of methoxy groups -OCH3 is 2. The lowest BCUT2D eigenvalue weighted by Crippen LogP contribution is -2.41. The summed E-state index contributed by atoms with van der Waals surface area (Å²) in [4.78, 5) is 14.2. The highest BCUT2D eigenvalue weighted by atomic mass is 32.2. The fourth-order valence-electron chi connectivity index (χ4n) is 2.36. The average Bonchev–Trinajstić information content (AvgIpc) is 2.66. The first kappa shape index (κ1) is 19.9. The van der Waals surface area contributed by atoms with E-state index in [1.54, 1.807) is 49.5 Å². The van der Waals surface area contributed by atoms with E-state index in [0.717, 1.165) is 0 Å². The summed E-state index contributed by atoms with van der Waals surface area (Å²) in [6, 6.07) is 13.4. The fourth-order valence-corrected chi connectivity index (χ4v) is 3.56. The first-order valence-corrected chi connectivity index (χ1v) is 9.32. The minimum Gasteiger partial charge on any atom is -0.497 e. The van der Waals surface area contributed by atoms with Crippen LogP contribution >= 0.6 is 0 Å². The van der Waals surface area contributed by atoms with Crippen LogP contribution in [0, 0.1) is 0 Å². The third-order valence-electron chi connectivity index (χ3n) is 3.72. The van der Waals surface area contributed by atoms with Gasteiger partial charge >= 0.3 is 0 Å². The maximum absolute atomic E-state index is 12.8. The van der Waals surface area contributed by atoms with E-state index in [9.17, 15) is 13.2 Å². The van der Waals surface area contributed by atoms with Crippen LogP contribution in [-0.4, -0.2) is 47.2 Å². The quantitative estimate of drug-likeness (QED) is 0.708. The van der Waals surface area contributed by atoms with Crippen molar-refractivity contribution in [1.82, 2.24) is 9.62 Å². The van der Waals surface area contributed by atoms with E-state index in [1.807, 2.05) is 0 Å². The molecule has 2 aromatic rings. The van der Waals surface area contributed by atoms with Crippen molar-refractivity contribution >= 4 is 15.9 Å². The molecule has 0 saturated carbocycles. The Labute approximate surface area is 153 Å². The molecule has 1 amide bonds. The summed E-state index contributed by atoms with van der Waals surface area (Å²) in [5.74, 6) is 0.174. The van der Waals surface area contributed by atoms with Crippen molar-refractivity contribution in [3.63, 3.8) is 0 Å². The summed E-state index contributed by atoms with van der Waals surface area (Å²) in [5.41, 5.74) is 0.498. The summed E-state index contributed by atoms with van der Waals surface area (Å²) in [7, 11) is 0.643. The number of nitrogens with zero attached hydrogens (tertiary/aromatic N) is 1. The van der Waals surface area contributed by atoms with Gasteiger partial charge in [0, 0.05) is 14.2 Å². The van der Waals surface area contributed by atoms with Gasteiger partial charge in [-0.1, -0.05) is 30.3 Å². The van der Waals surface area contributed by atoms with Crippen LogP contribution in [0.15, 0.2) is 59.5 Å². The van der Waals surface area contributed by atoms with Crippen molar-refractivity contribution in [2.45, 2.75) is 10.9 Å². The first-order chi connectivity index (χ1) is 12.4. The number of likely N-dealkylation sites (N-methyl/N-ethyl adjacent to an activating group) is 1.